The van der Waals surface area contributed by atoms with Crippen LogP contribution in [0.4, 0.5) is 0 Å². The second kappa shape index (κ2) is 8.91. The fraction of sp³-hybridized carbons (Fsp3) is 0.211. The van der Waals surface area contributed by atoms with Crippen molar-refractivity contribution in [2.24, 2.45) is 0 Å². The third-order valence-electron chi connectivity index (χ3n) is 3.74. The molecule has 2 N–H and O–H groups in total. The molecule has 1 aromatic heterocycles. The van der Waals surface area contributed by atoms with E-state index in [9.17, 15) is 9.59 Å². The smallest absolute Gasteiger partial charge is 0.251 e. The van der Waals surface area contributed by atoms with Gasteiger partial charge in [0, 0.05) is 36.0 Å². The largest absolute Gasteiger partial charge is 0.356 e. The molecule has 0 saturated carbocycles. The van der Waals surface area contributed by atoms with Crippen molar-refractivity contribution >= 4 is 49.3 Å². The molecule has 3 rings (SSSR count). The average molecular weight is 432 g/mol. The Morgan fingerprint density at radius 1 is 1.00 bits per heavy atom. The van der Waals surface area contributed by atoms with Crippen LogP contribution in [-0.4, -0.2) is 29.9 Å². The van der Waals surface area contributed by atoms with E-state index in [1.54, 1.807) is 23.5 Å². The van der Waals surface area contributed by atoms with Crippen LogP contribution in [-0.2, 0) is 11.2 Å². The van der Waals surface area contributed by atoms with Gasteiger partial charge in [-0.15, -0.1) is 11.3 Å². The number of fused-ring (bicyclic) bond motifs is 1. The number of nitrogens with one attached hydrogen (secondary N) is 2. The molecule has 0 aliphatic carbocycles. The van der Waals surface area contributed by atoms with Crippen molar-refractivity contribution in [3.05, 3.63) is 63.6 Å². The third kappa shape index (κ3) is 5.12. The second-order valence-electron chi connectivity index (χ2n) is 5.69. The molecule has 134 valence electrons. The zero-order chi connectivity index (χ0) is 18.4. The van der Waals surface area contributed by atoms with Gasteiger partial charge in [-0.2, -0.15) is 0 Å². The highest BCUT2D eigenvalue weighted by Gasteiger charge is 2.07. The van der Waals surface area contributed by atoms with Crippen LogP contribution in [0.25, 0.3) is 10.2 Å². The molecule has 5 nitrogen and oxygen atoms in total. The number of carbonyl (C=O) groups excluding carboxylic acids is 2. The van der Waals surface area contributed by atoms with E-state index in [0.717, 1.165) is 19.7 Å². The van der Waals surface area contributed by atoms with E-state index in [4.69, 9.17) is 0 Å². The summed E-state index contributed by atoms with van der Waals surface area (Å²) in [6.07, 6.45) is 0.957. The highest BCUT2D eigenvalue weighted by molar-refractivity contribution is 9.10. The number of para-hydroxylation sites is 1. The van der Waals surface area contributed by atoms with Gasteiger partial charge in [0.1, 0.15) is 0 Å². The van der Waals surface area contributed by atoms with Gasteiger partial charge >= 0.3 is 0 Å². The Bertz CT molecular complexity index is 876. The van der Waals surface area contributed by atoms with Crippen molar-refractivity contribution in [3.63, 3.8) is 0 Å². The van der Waals surface area contributed by atoms with Gasteiger partial charge in [-0.25, -0.2) is 4.98 Å². The Labute approximate surface area is 164 Å². The Hall–Kier alpha value is -2.25. The summed E-state index contributed by atoms with van der Waals surface area (Å²) in [6, 6.07) is 15.1. The fourth-order valence-electron chi connectivity index (χ4n) is 2.42. The molecule has 0 atom stereocenters. The zero-order valence-corrected chi connectivity index (χ0v) is 16.4. The maximum absolute atomic E-state index is 12.0. The van der Waals surface area contributed by atoms with Crippen LogP contribution in [0.15, 0.2) is 53.0 Å². The van der Waals surface area contributed by atoms with Gasteiger partial charge in [0.05, 0.1) is 15.2 Å². The number of thiazole rings is 1. The number of nitrogens with zero attached hydrogens (tertiary/aromatic N) is 1. The van der Waals surface area contributed by atoms with Crippen molar-refractivity contribution in [3.8, 4) is 0 Å². The topological polar surface area (TPSA) is 71.1 Å². The summed E-state index contributed by atoms with van der Waals surface area (Å²) in [6.45, 7) is 0.848. The normalized spacial score (nSPS) is 10.7. The SMILES string of the molecule is O=C(CCNC(=O)c1ccc(Br)cc1)NCCc1nc2ccccc2s1. The number of hydrogen-bond donors (Lipinski definition) is 2. The van der Waals surface area contributed by atoms with Crippen LogP contribution >= 0.6 is 27.3 Å². The number of halogens is 1. The van der Waals surface area contributed by atoms with Crippen molar-refractivity contribution < 1.29 is 9.59 Å². The molecule has 0 unspecified atom stereocenters. The molecule has 7 heteroatoms. The molecule has 0 radical (unpaired) electrons. The lowest BCUT2D eigenvalue weighted by atomic mass is 10.2. The molecule has 3 aromatic rings. The Balaban J connectivity index is 1.36. The molecule has 26 heavy (non-hydrogen) atoms. The van der Waals surface area contributed by atoms with Crippen LogP contribution < -0.4 is 10.6 Å². The minimum atomic E-state index is -0.181. The fourth-order valence-corrected chi connectivity index (χ4v) is 3.65. The average Bonchev–Trinajstić information content (AvgIpc) is 3.05. The van der Waals surface area contributed by atoms with Gasteiger partial charge in [-0.1, -0.05) is 28.1 Å². The highest BCUT2D eigenvalue weighted by atomic mass is 79.9. The van der Waals surface area contributed by atoms with Crippen molar-refractivity contribution in [2.75, 3.05) is 13.1 Å². The van der Waals surface area contributed by atoms with E-state index in [0.29, 0.717) is 25.1 Å². The van der Waals surface area contributed by atoms with Gasteiger partial charge in [-0.05, 0) is 36.4 Å². The maximum Gasteiger partial charge on any atom is 0.251 e. The van der Waals surface area contributed by atoms with E-state index in [1.807, 2.05) is 36.4 Å². The first-order valence-electron chi connectivity index (χ1n) is 8.27. The first kappa shape index (κ1) is 18.5. The van der Waals surface area contributed by atoms with Crippen LogP contribution in [0, 0.1) is 0 Å². The predicted octanol–water partition coefficient (Wildman–Crippen LogP) is 3.54. The number of hydrogen-bond acceptors (Lipinski definition) is 4. The number of benzene rings is 2. The molecule has 0 aliphatic heterocycles. The first-order chi connectivity index (χ1) is 12.6. The quantitative estimate of drug-likeness (QED) is 0.600. The lowest BCUT2D eigenvalue weighted by Gasteiger charge is -2.06. The number of rotatable bonds is 7. The van der Waals surface area contributed by atoms with E-state index in [-0.39, 0.29) is 18.2 Å². The second-order valence-corrected chi connectivity index (χ2v) is 7.72. The number of aromatic nitrogens is 1. The first-order valence-corrected chi connectivity index (χ1v) is 9.88. The summed E-state index contributed by atoms with van der Waals surface area (Å²) >= 11 is 4.98. The van der Waals surface area contributed by atoms with E-state index >= 15 is 0 Å². The van der Waals surface area contributed by atoms with E-state index in [1.165, 1.54) is 0 Å². The maximum atomic E-state index is 12.0. The molecular weight excluding hydrogens is 414 g/mol. The van der Waals surface area contributed by atoms with Crippen LogP contribution in [0.5, 0.6) is 0 Å². The molecule has 2 amide bonds. The van der Waals surface area contributed by atoms with Crippen LogP contribution in [0.1, 0.15) is 21.8 Å². The van der Waals surface area contributed by atoms with E-state index < -0.39 is 0 Å². The van der Waals surface area contributed by atoms with Gasteiger partial charge in [0.15, 0.2) is 0 Å². The summed E-state index contributed by atoms with van der Waals surface area (Å²) in [5.41, 5.74) is 1.57. The molecule has 0 fully saturated rings. The van der Waals surface area contributed by atoms with Gasteiger partial charge in [0.2, 0.25) is 5.91 Å². The molecule has 0 bridgehead atoms. The number of carbonyl (C=O) groups is 2. The summed E-state index contributed by atoms with van der Waals surface area (Å²) < 4.78 is 2.08. The Kier molecular flexibility index (Phi) is 6.35. The Morgan fingerprint density at radius 2 is 1.77 bits per heavy atom. The summed E-state index contributed by atoms with van der Waals surface area (Å²) in [5, 5.41) is 6.63. The van der Waals surface area contributed by atoms with Crippen LogP contribution in [0.2, 0.25) is 0 Å². The Morgan fingerprint density at radius 3 is 2.54 bits per heavy atom. The summed E-state index contributed by atoms with van der Waals surface area (Å²) in [5.74, 6) is -0.262. The number of amides is 2. The predicted molar refractivity (Wildman–Crippen MR) is 107 cm³/mol. The van der Waals surface area contributed by atoms with Gasteiger partial charge in [-0.3, -0.25) is 9.59 Å². The van der Waals surface area contributed by atoms with Gasteiger partial charge in [0.25, 0.3) is 5.91 Å². The van der Waals surface area contributed by atoms with Crippen LogP contribution in [0.3, 0.4) is 0 Å². The van der Waals surface area contributed by atoms with E-state index in [2.05, 4.69) is 31.5 Å². The molecule has 0 saturated heterocycles. The lowest BCUT2D eigenvalue weighted by molar-refractivity contribution is -0.120. The third-order valence-corrected chi connectivity index (χ3v) is 5.37. The molecule has 1 heterocycles. The molecular formula is C19H18BrN3O2S. The standard InChI is InChI=1S/C19H18BrN3O2S/c20-14-7-5-13(6-8-14)19(25)22-11-9-17(24)21-12-10-18-23-15-3-1-2-4-16(15)26-18/h1-8H,9-12H2,(H,21,24)(H,22,25). The minimum absolute atomic E-state index is 0.0813. The minimum Gasteiger partial charge on any atom is -0.356 e. The molecule has 0 spiro atoms. The van der Waals surface area contributed by atoms with Crippen molar-refractivity contribution in [1.82, 2.24) is 15.6 Å². The van der Waals surface area contributed by atoms with Gasteiger partial charge < -0.3 is 10.6 Å². The van der Waals surface area contributed by atoms with Crippen molar-refractivity contribution in [1.29, 1.82) is 0 Å². The molecule has 2 aromatic carbocycles. The lowest BCUT2D eigenvalue weighted by Crippen LogP contribution is -2.31. The van der Waals surface area contributed by atoms with Crippen molar-refractivity contribution in [2.45, 2.75) is 12.8 Å². The summed E-state index contributed by atoms with van der Waals surface area (Å²) in [7, 11) is 0. The zero-order valence-electron chi connectivity index (χ0n) is 14.0. The monoisotopic (exact) mass is 431 g/mol. The molecule has 0 aliphatic rings. The summed E-state index contributed by atoms with van der Waals surface area (Å²) in [4.78, 5) is 28.4. The highest BCUT2D eigenvalue weighted by Crippen LogP contribution is 2.21.